The normalized spacial score (nSPS) is 11.3. The smallest absolute Gasteiger partial charge is 0.193 e. The minimum Gasteiger partial charge on any atom is -0.383 e. The van der Waals surface area contributed by atoms with Crippen molar-refractivity contribution in [1.29, 1.82) is 0 Å². The van der Waals surface area contributed by atoms with Crippen LogP contribution in [0.1, 0.15) is 5.56 Å². The van der Waals surface area contributed by atoms with Crippen LogP contribution in [0, 0.1) is 0 Å². The van der Waals surface area contributed by atoms with Crippen LogP contribution in [0.2, 0.25) is 0 Å². The van der Waals surface area contributed by atoms with Crippen molar-refractivity contribution >= 4 is 11.6 Å². The number of nitrogens with zero attached hydrogens (tertiary/aromatic N) is 3. The van der Waals surface area contributed by atoms with Gasteiger partial charge in [-0.15, -0.1) is 0 Å². The lowest BCUT2D eigenvalue weighted by Crippen LogP contribution is -2.36. The summed E-state index contributed by atoms with van der Waals surface area (Å²) in [6.07, 6.45) is 0. The van der Waals surface area contributed by atoms with Crippen LogP contribution in [-0.4, -0.2) is 59.3 Å². The van der Waals surface area contributed by atoms with Gasteiger partial charge in [0.15, 0.2) is 5.96 Å². The van der Waals surface area contributed by atoms with E-state index in [9.17, 15) is 0 Å². The predicted molar refractivity (Wildman–Crippen MR) is 85.5 cm³/mol. The molecule has 0 aliphatic rings. The lowest BCUT2D eigenvalue weighted by molar-refractivity contribution is 0.206. The molecule has 0 radical (unpaired) electrons. The highest BCUT2D eigenvalue weighted by atomic mass is 16.5. The third kappa shape index (κ3) is 4.74. The Kier molecular flexibility index (Phi) is 6.87. The molecule has 0 atom stereocenters. The van der Waals surface area contributed by atoms with Gasteiger partial charge in [-0.1, -0.05) is 18.2 Å². The van der Waals surface area contributed by atoms with Gasteiger partial charge in [-0.25, -0.2) is 0 Å². The Balaban J connectivity index is 2.75. The molecular formula is C15H26N4O. The molecule has 1 aromatic carbocycles. The van der Waals surface area contributed by atoms with Crippen molar-refractivity contribution < 1.29 is 4.74 Å². The topological polar surface area (TPSA) is 40.1 Å². The molecule has 1 aromatic rings. The summed E-state index contributed by atoms with van der Waals surface area (Å²) in [7, 11) is 9.55. The molecule has 0 aromatic heterocycles. The number of likely N-dealkylation sites (N-methyl/N-ethyl adjacent to an activating group) is 1. The number of hydrogen-bond donors (Lipinski definition) is 1. The SMILES string of the molecule is CN=C(NCc1ccccc1N(C)CCOC)N(C)C. The summed E-state index contributed by atoms with van der Waals surface area (Å²) in [5, 5.41) is 3.35. The number of para-hydroxylation sites is 1. The van der Waals surface area contributed by atoms with Gasteiger partial charge in [-0.3, -0.25) is 4.99 Å². The van der Waals surface area contributed by atoms with Crippen molar-refractivity contribution in [3.63, 3.8) is 0 Å². The third-order valence-corrected chi connectivity index (χ3v) is 3.11. The average Bonchev–Trinajstić information content (AvgIpc) is 2.45. The van der Waals surface area contributed by atoms with Gasteiger partial charge in [0.05, 0.1) is 6.61 Å². The first-order valence-corrected chi connectivity index (χ1v) is 6.76. The molecule has 5 nitrogen and oxygen atoms in total. The summed E-state index contributed by atoms with van der Waals surface area (Å²) in [6.45, 7) is 2.34. The summed E-state index contributed by atoms with van der Waals surface area (Å²) in [4.78, 5) is 8.40. The average molecular weight is 278 g/mol. The number of benzene rings is 1. The number of nitrogens with one attached hydrogen (secondary N) is 1. The first-order chi connectivity index (χ1) is 9.60. The molecule has 0 heterocycles. The van der Waals surface area contributed by atoms with Gasteiger partial charge < -0.3 is 19.9 Å². The number of aliphatic imine (C=N–C) groups is 1. The second kappa shape index (κ2) is 8.43. The van der Waals surface area contributed by atoms with Crippen molar-refractivity contribution in [3.8, 4) is 0 Å². The van der Waals surface area contributed by atoms with E-state index in [-0.39, 0.29) is 0 Å². The van der Waals surface area contributed by atoms with Crippen LogP contribution in [0.5, 0.6) is 0 Å². The summed E-state index contributed by atoms with van der Waals surface area (Å²) >= 11 is 0. The fourth-order valence-electron chi connectivity index (χ4n) is 1.99. The largest absolute Gasteiger partial charge is 0.383 e. The van der Waals surface area contributed by atoms with Crippen LogP contribution in [0.4, 0.5) is 5.69 Å². The van der Waals surface area contributed by atoms with E-state index in [0.717, 1.165) is 25.7 Å². The standard InChI is InChI=1S/C15H26N4O/c1-16-15(18(2)3)17-12-13-8-6-7-9-14(13)19(4)10-11-20-5/h6-9H,10-12H2,1-5H3,(H,16,17). The van der Waals surface area contributed by atoms with E-state index >= 15 is 0 Å². The molecule has 0 spiro atoms. The second-order valence-electron chi connectivity index (χ2n) is 4.84. The molecule has 20 heavy (non-hydrogen) atoms. The van der Waals surface area contributed by atoms with Gasteiger partial charge in [-0.2, -0.15) is 0 Å². The Morgan fingerprint density at radius 2 is 1.95 bits per heavy atom. The second-order valence-corrected chi connectivity index (χ2v) is 4.84. The van der Waals surface area contributed by atoms with Crippen molar-refractivity contribution in [2.24, 2.45) is 4.99 Å². The Bertz CT molecular complexity index is 432. The van der Waals surface area contributed by atoms with Gasteiger partial charge in [0.2, 0.25) is 0 Å². The number of hydrogen-bond acceptors (Lipinski definition) is 3. The Hall–Kier alpha value is -1.75. The zero-order valence-corrected chi connectivity index (χ0v) is 13.2. The van der Waals surface area contributed by atoms with Gasteiger partial charge in [0, 0.05) is 54.1 Å². The minimum absolute atomic E-state index is 0.720. The molecule has 0 bridgehead atoms. The number of methoxy groups -OCH3 is 1. The van der Waals surface area contributed by atoms with E-state index in [4.69, 9.17) is 4.74 Å². The number of ether oxygens (including phenoxy) is 1. The van der Waals surface area contributed by atoms with Crippen molar-refractivity contribution in [2.75, 3.05) is 53.4 Å². The first-order valence-electron chi connectivity index (χ1n) is 6.76. The van der Waals surface area contributed by atoms with Gasteiger partial charge in [0.1, 0.15) is 0 Å². The van der Waals surface area contributed by atoms with E-state index in [1.165, 1.54) is 11.3 Å². The predicted octanol–water partition coefficient (Wildman–Crippen LogP) is 1.41. The van der Waals surface area contributed by atoms with Crippen molar-refractivity contribution in [1.82, 2.24) is 10.2 Å². The van der Waals surface area contributed by atoms with Crippen LogP contribution in [0.3, 0.4) is 0 Å². The highest BCUT2D eigenvalue weighted by Crippen LogP contribution is 2.18. The third-order valence-electron chi connectivity index (χ3n) is 3.11. The van der Waals surface area contributed by atoms with Gasteiger partial charge >= 0.3 is 0 Å². The van der Waals surface area contributed by atoms with Gasteiger partial charge in [-0.05, 0) is 11.6 Å². The fraction of sp³-hybridized carbons (Fsp3) is 0.533. The first kappa shape index (κ1) is 16.3. The molecule has 0 saturated heterocycles. The molecule has 1 N–H and O–H groups in total. The summed E-state index contributed by atoms with van der Waals surface area (Å²) in [5.74, 6) is 0.874. The van der Waals surface area contributed by atoms with Crippen LogP contribution in [-0.2, 0) is 11.3 Å². The molecule has 5 heteroatoms. The van der Waals surface area contributed by atoms with Crippen LogP contribution >= 0.6 is 0 Å². The molecule has 0 aliphatic heterocycles. The van der Waals surface area contributed by atoms with E-state index in [0.29, 0.717) is 0 Å². The molecule has 0 saturated carbocycles. The van der Waals surface area contributed by atoms with Crippen molar-refractivity contribution in [3.05, 3.63) is 29.8 Å². The molecule has 1 rings (SSSR count). The Morgan fingerprint density at radius 1 is 1.25 bits per heavy atom. The fourth-order valence-corrected chi connectivity index (χ4v) is 1.99. The highest BCUT2D eigenvalue weighted by Gasteiger charge is 2.08. The molecule has 0 amide bonds. The maximum Gasteiger partial charge on any atom is 0.193 e. The Labute approximate surface area is 122 Å². The maximum absolute atomic E-state index is 5.14. The molecule has 112 valence electrons. The van der Waals surface area contributed by atoms with Gasteiger partial charge in [0.25, 0.3) is 0 Å². The van der Waals surface area contributed by atoms with Crippen molar-refractivity contribution in [2.45, 2.75) is 6.54 Å². The highest BCUT2D eigenvalue weighted by molar-refractivity contribution is 5.79. The van der Waals surface area contributed by atoms with Crippen LogP contribution < -0.4 is 10.2 Å². The van der Waals surface area contributed by atoms with E-state index < -0.39 is 0 Å². The Morgan fingerprint density at radius 3 is 2.55 bits per heavy atom. The lowest BCUT2D eigenvalue weighted by atomic mass is 10.1. The van der Waals surface area contributed by atoms with Crippen LogP contribution in [0.25, 0.3) is 0 Å². The number of anilines is 1. The van der Waals surface area contributed by atoms with E-state index in [1.54, 1.807) is 14.2 Å². The molecule has 0 aliphatic carbocycles. The number of guanidine groups is 1. The summed E-state index contributed by atoms with van der Waals surface area (Å²) < 4.78 is 5.14. The molecular weight excluding hydrogens is 252 g/mol. The van der Waals surface area contributed by atoms with E-state index in [1.807, 2.05) is 19.0 Å². The lowest BCUT2D eigenvalue weighted by Gasteiger charge is -2.23. The maximum atomic E-state index is 5.14. The zero-order valence-electron chi connectivity index (χ0n) is 13.2. The zero-order chi connectivity index (χ0) is 15.0. The summed E-state index contributed by atoms with van der Waals surface area (Å²) in [5.41, 5.74) is 2.46. The molecule has 0 fully saturated rings. The van der Waals surface area contributed by atoms with Crippen LogP contribution in [0.15, 0.2) is 29.3 Å². The summed E-state index contributed by atoms with van der Waals surface area (Å²) in [6, 6.07) is 8.38. The molecule has 0 unspecified atom stereocenters. The minimum atomic E-state index is 0.720. The van der Waals surface area contributed by atoms with E-state index in [2.05, 4.69) is 46.5 Å². The quantitative estimate of drug-likeness (QED) is 0.631. The number of rotatable bonds is 6. The monoisotopic (exact) mass is 278 g/mol.